The van der Waals surface area contributed by atoms with Crippen molar-refractivity contribution in [3.8, 4) is 0 Å². The molecular formula is C12H20N2O2. The Morgan fingerprint density at radius 3 is 2.25 bits per heavy atom. The second kappa shape index (κ2) is 3.44. The molecule has 1 amide bonds. The van der Waals surface area contributed by atoms with Gasteiger partial charge in [0, 0.05) is 0 Å². The normalized spacial score (nSPS) is 50.1. The van der Waals surface area contributed by atoms with Gasteiger partial charge < -0.3 is 5.11 Å². The Morgan fingerprint density at radius 2 is 1.69 bits per heavy atom. The Hall–Kier alpha value is -0.610. The van der Waals surface area contributed by atoms with Crippen molar-refractivity contribution in [2.45, 2.75) is 44.1 Å². The van der Waals surface area contributed by atoms with Gasteiger partial charge in [-0.3, -0.25) is 10.2 Å². The third-order valence-electron chi connectivity index (χ3n) is 4.96. The van der Waals surface area contributed by atoms with Gasteiger partial charge in [-0.05, 0) is 56.3 Å². The van der Waals surface area contributed by atoms with Crippen LogP contribution in [0.3, 0.4) is 0 Å². The molecule has 4 saturated carbocycles. The summed E-state index contributed by atoms with van der Waals surface area (Å²) in [6.07, 6.45) is 6.10. The van der Waals surface area contributed by atoms with E-state index in [2.05, 4.69) is 5.43 Å². The van der Waals surface area contributed by atoms with Crippen molar-refractivity contribution in [2.24, 2.45) is 29.5 Å². The van der Waals surface area contributed by atoms with Crippen molar-refractivity contribution in [1.82, 2.24) is 5.43 Å². The zero-order valence-corrected chi connectivity index (χ0v) is 9.48. The number of nitrogens with one attached hydrogen (secondary N) is 1. The lowest BCUT2D eigenvalue weighted by Crippen LogP contribution is -2.50. The number of aliphatic hydroxyl groups is 1. The molecule has 0 spiro atoms. The van der Waals surface area contributed by atoms with Crippen molar-refractivity contribution in [3.05, 3.63) is 0 Å². The van der Waals surface area contributed by atoms with E-state index in [4.69, 9.17) is 5.84 Å². The molecule has 4 bridgehead atoms. The van der Waals surface area contributed by atoms with Crippen molar-refractivity contribution < 1.29 is 9.90 Å². The van der Waals surface area contributed by atoms with Gasteiger partial charge in [0.2, 0.25) is 5.91 Å². The van der Waals surface area contributed by atoms with Crippen LogP contribution in [0.4, 0.5) is 0 Å². The Labute approximate surface area is 95.6 Å². The Morgan fingerprint density at radius 1 is 1.12 bits per heavy atom. The summed E-state index contributed by atoms with van der Waals surface area (Å²) in [6.45, 7) is 0. The van der Waals surface area contributed by atoms with Crippen molar-refractivity contribution >= 4 is 5.91 Å². The highest BCUT2D eigenvalue weighted by molar-refractivity contribution is 5.79. The van der Waals surface area contributed by atoms with Gasteiger partial charge in [0.05, 0.1) is 11.5 Å². The molecule has 90 valence electrons. The maximum Gasteiger partial charge on any atom is 0.239 e. The molecule has 4 nitrogen and oxygen atoms in total. The van der Waals surface area contributed by atoms with E-state index in [1.807, 2.05) is 0 Å². The van der Waals surface area contributed by atoms with Gasteiger partial charge in [-0.25, -0.2) is 5.84 Å². The number of nitrogens with two attached hydrogens (primary N) is 1. The van der Waals surface area contributed by atoms with E-state index in [0.29, 0.717) is 17.8 Å². The average Bonchev–Trinajstić information content (AvgIpc) is 2.37. The number of fused-ring (bicyclic) bond motifs is 1. The molecule has 4 fully saturated rings. The lowest BCUT2D eigenvalue weighted by atomic mass is 9.65. The van der Waals surface area contributed by atoms with Gasteiger partial charge in [0.25, 0.3) is 0 Å². The lowest BCUT2D eigenvalue weighted by Gasteiger charge is -2.43. The number of hydrogen-bond donors (Lipinski definition) is 3. The van der Waals surface area contributed by atoms with Crippen LogP contribution in [-0.2, 0) is 4.79 Å². The summed E-state index contributed by atoms with van der Waals surface area (Å²) in [5.74, 6) is 6.68. The second-order valence-corrected chi connectivity index (χ2v) is 6.11. The van der Waals surface area contributed by atoms with E-state index in [9.17, 15) is 9.90 Å². The summed E-state index contributed by atoms with van der Waals surface area (Å²) in [4.78, 5) is 11.8. The van der Waals surface area contributed by atoms with Gasteiger partial charge in [-0.2, -0.15) is 0 Å². The number of hydrazine groups is 1. The van der Waals surface area contributed by atoms with Crippen molar-refractivity contribution in [3.63, 3.8) is 0 Å². The largest absolute Gasteiger partial charge is 0.389 e. The molecule has 0 aromatic carbocycles. The molecule has 4 heteroatoms. The van der Waals surface area contributed by atoms with E-state index >= 15 is 0 Å². The Kier molecular flexibility index (Phi) is 2.27. The predicted octanol–water partition coefficient (Wildman–Crippen LogP) is 0.554. The average molecular weight is 224 g/mol. The molecule has 0 aliphatic heterocycles. The molecule has 3 unspecified atom stereocenters. The Bertz CT molecular complexity index is 304. The first kappa shape index (κ1) is 10.5. The fraction of sp³-hybridized carbons (Fsp3) is 0.917. The zero-order valence-electron chi connectivity index (χ0n) is 9.48. The number of hydrogen-bond acceptors (Lipinski definition) is 3. The summed E-state index contributed by atoms with van der Waals surface area (Å²) >= 11 is 0. The number of amides is 1. The summed E-state index contributed by atoms with van der Waals surface area (Å²) in [5, 5.41) is 10.7. The second-order valence-electron chi connectivity index (χ2n) is 6.11. The van der Waals surface area contributed by atoms with Crippen LogP contribution < -0.4 is 11.3 Å². The van der Waals surface area contributed by atoms with E-state index in [0.717, 1.165) is 19.3 Å². The summed E-state index contributed by atoms with van der Waals surface area (Å²) < 4.78 is 0. The maximum absolute atomic E-state index is 11.8. The van der Waals surface area contributed by atoms with Gasteiger partial charge >= 0.3 is 0 Å². The molecule has 4 aliphatic carbocycles. The maximum atomic E-state index is 11.8. The van der Waals surface area contributed by atoms with Gasteiger partial charge in [-0.1, -0.05) is 0 Å². The van der Waals surface area contributed by atoms with Crippen LogP contribution in [0.2, 0.25) is 0 Å². The van der Waals surface area contributed by atoms with E-state index in [1.54, 1.807) is 0 Å². The molecule has 0 aromatic heterocycles. The van der Waals surface area contributed by atoms with Crippen LogP contribution >= 0.6 is 0 Å². The number of carbonyl (C=O) groups is 1. The minimum absolute atomic E-state index is 0.171. The first-order valence-electron chi connectivity index (χ1n) is 6.33. The molecule has 16 heavy (non-hydrogen) atoms. The fourth-order valence-electron chi connectivity index (χ4n) is 4.60. The third-order valence-corrected chi connectivity index (χ3v) is 4.96. The summed E-state index contributed by atoms with van der Waals surface area (Å²) in [5.41, 5.74) is 1.46. The zero-order chi connectivity index (χ0) is 11.3. The van der Waals surface area contributed by atoms with Crippen LogP contribution in [0.1, 0.15) is 38.5 Å². The van der Waals surface area contributed by atoms with E-state index in [1.165, 1.54) is 19.3 Å². The third kappa shape index (κ3) is 1.47. The monoisotopic (exact) mass is 224 g/mol. The molecule has 0 radical (unpaired) electrons. The number of rotatable bonds is 1. The van der Waals surface area contributed by atoms with Crippen LogP contribution in [0.5, 0.6) is 0 Å². The molecule has 4 rings (SSSR count). The molecular weight excluding hydrogens is 204 g/mol. The molecule has 4 aliphatic rings. The standard InChI is InChI=1S/C12H20N2O2/c13-14-11(15)10-4-7-1-8-3-9(2-7)6-12(10,16)5-8/h7-10,16H,1-6,13H2,(H,14,15). The molecule has 4 N–H and O–H groups in total. The van der Waals surface area contributed by atoms with Crippen LogP contribution in [0.15, 0.2) is 0 Å². The smallest absolute Gasteiger partial charge is 0.239 e. The first-order chi connectivity index (χ1) is 7.60. The van der Waals surface area contributed by atoms with Crippen LogP contribution in [0.25, 0.3) is 0 Å². The summed E-state index contributed by atoms with van der Waals surface area (Å²) in [6, 6.07) is 0. The fourth-order valence-corrected chi connectivity index (χ4v) is 4.60. The van der Waals surface area contributed by atoms with Gasteiger partial charge in [0.1, 0.15) is 0 Å². The van der Waals surface area contributed by atoms with E-state index in [-0.39, 0.29) is 11.8 Å². The minimum Gasteiger partial charge on any atom is -0.389 e. The molecule has 0 saturated heterocycles. The quantitative estimate of drug-likeness (QED) is 0.346. The highest BCUT2D eigenvalue weighted by Crippen LogP contribution is 2.55. The molecule has 3 atom stereocenters. The number of carbonyl (C=O) groups excluding carboxylic acids is 1. The van der Waals surface area contributed by atoms with Crippen LogP contribution in [0, 0.1) is 23.7 Å². The molecule has 0 heterocycles. The lowest BCUT2D eigenvalue weighted by molar-refractivity contribution is -0.139. The van der Waals surface area contributed by atoms with Gasteiger partial charge in [-0.15, -0.1) is 0 Å². The van der Waals surface area contributed by atoms with Crippen molar-refractivity contribution in [2.75, 3.05) is 0 Å². The first-order valence-corrected chi connectivity index (χ1v) is 6.33. The van der Waals surface area contributed by atoms with E-state index < -0.39 is 5.60 Å². The predicted molar refractivity (Wildman–Crippen MR) is 58.9 cm³/mol. The highest BCUT2D eigenvalue weighted by Gasteiger charge is 2.53. The SMILES string of the molecule is NNC(=O)C1CC2CC3CC(C2)CC1(O)C3. The van der Waals surface area contributed by atoms with Gasteiger partial charge in [0.15, 0.2) is 0 Å². The molecule has 0 aromatic rings. The summed E-state index contributed by atoms with van der Waals surface area (Å²) in [7, 11) is 0. The Balaban J connectivity index is 1.93. The minimum atomic E-state index is -0.776. The van der Waals surface area contributed by atoms with Crippen molar-refractivity contribution in [1.29, 1.82) is 0 Å². The topological polar surface area (TPSA) is 75.3 Å². The highest BCUT2D eigenvalue weighted by atomic mass is 16.3. The van der Waals surface area contributed by atoms with Crippen LogP contribution in [-0.4, -0.2) is 16.6 Å².